The van der Waals surface area contributed by atoms with Gasteiger partial charge in [-0.1, -0.05) is 18.2 Å². The minimum Gasteiger partial charge on any atom is -0.545 e. The molecule has 1 N–H and O–H groups in total. The molecule has 0 amide bonds. The van der Waals surface area contributed by atoms with Crippen LogP contribution in [0.25, 0.3) is 0 Å². The third kappa shape index (κ3) is 8.06. The predicted octanol–water partition coefficient (Wildman–Crippen LogP) is 0.260. The van der Waals surface area contributed by atoms with E-state index in [0.29, 0.717) is 12.2 Å². The zero-order valence-electron chi connectivity index (χ0n) is 10.7. The molecule has 5 nitrogen and oxygen atoms in total. The Morgan fingerprint density at radius 1 is 1.11 bits per heavy atom. The van der Waals surface area contributed by atoms with Crippen LogP contribution in [-0.2, 0) is 9.59 Å². The van der Waals surface area contributed by atoms with Gasteiger partial charge in [0.05, 0.1) is 27.1 Å². The highest BCUT2D eigenvalue weighted by Gasteiger charge is 2.08. The van der Waals surface area contributed by atoms with Crippen molar-refractivity contribution in [2.75, 3.05) is 21.1 Å². The van der Waals surface area contributed by atoms with Gasteiger partial charge in [-0.3, -0.25) is 4.48 Å². The van der Waals surface area contributed by atoms with Gasteiger partial charge < -0.3 is 15.0 Å². The molecule has 0 aromatic heterocycles. The maximum atomic E-state index is 9.53. The molecule has 0 spiro atoms. The van der Waals surface area contributed by atoms with Crippen LogP contribution in [0.2, 0.25) is 0 Å². The first-order valence-corrected chi connectivity index (χ1v) is 5.22. The van der Waals surface area contributed by atoms with E-state index in [1.807, 2.05) is 6.07 Å². The Hall–Kier alpha value is -2.14. The summed E-state index contributed by atoms with van der Waals surface area (Å²) in [5, 5.41) is 17.2. The van der Waals surface area contributed by atoms with E-state index in [4.69, 9.17) is 5.11 Å². The standard InChI is InChI=1S/C9H14N.C4H4O4/c1-10(2,3)9-7-5-4-6-8-9;5-3(6)1-2-4(7)8/h4-8H,1-3H3;1-2H,(H,5,6)(H,7,8)/q+1;/p-1. The van der Waals surface area contributed by atoms with E-state index in [0.717, 1.165) is 4.48 Å². The highest BCUT2D eigenvalue weighted by molar-refractivity contribution is 5.88. The van der Waals surface area contributed by atoms with Crippen LogP contribution < -0.4 is 9.59 Å². The second-order valence-electron chi connectivity index (χ2n) is 4.34. The summed E-state index contributed by atoms with van der Waals surface area (Å²) in [6.45, 7) is 0. The van der Waals surface area contributed by atoms with Crippen LogP contribution in [0, 0.1) is 0 Å². The van der Waals surface area contributed by atoms with Gasteiger partial charge in [0, 0.05) is 6.08 Å². The minimum atomic E-state index is -1.51. The molecule has 18 heavy (non-hydrogen) atoms. The molecular weight excluding hydrogens is 234 g/mol. The Balaban J connectivity index is 0.000000331. The Kier molecular flexibility index (Phi) is 6.38. The topological polar surface area (TPSA) is 77.4 Å². The van der Waals surface area contributed by atoms with E-state index in [1.165, 1.54) is 5.69 Å². The minimum absolute atomic E-state index is 0.447. The number of carbonyl (C=O) groups excluding carboxylic acids is 1. The van der Waals surface area contributed by atoms with Crippen LogP contribution >= 0.6 is 0 Å². The maximum Gasteiger partial charge on any atom is 0.328 e. The number of carbonyl (C=O) groups is 2. The fraction of sp³-hybridized carbons (Fsp3) is 0.231. The summed E-state index contributed by atoms with van der Waals surface area (Å²) < 4.78 is 0.890. The summed E-state index contributed by atoms with van der Waals surface area (Å²) in [4.78, 5) is 19.0. The fourth-order valence-corrected chi connectivity index (χ4v) is 1.01. The molecule has 0 radical (unpaired) electrons. The van der Waals surface area contributed by atoms with Crippen molar-refractivity contribution in [1.29, 1.82) is 0 Å². The van der Waals surface area contributed by atoms with Crippen LogP contribution in [0.15, 0.2) is 42.5 Å². The smallest absolute Gasteiger partial charge is 0.328 e. The molecule has 0 atom stereocenters. The van der Waals surface area contributed by atoms with E-state index in [-0.39, 0.29) is 0 Å². The fourth-order valence-electron chi connectivity index (χ4n) is 1.01. The van der Waals surface area contributed by atoms with Crippen LogP contribution in [-0.4, -0.2) is 38.2 Å². The number of hydrogen-bond donors (Lipinski definition) is 1. The van der Waals surface area contributed by atoms with Gasteiger partial charge in [0.15, 0.2) is 0 Å². The van der Waals surface area contributed by atoms with Crippen molar-refractivity contribution in [1.82, 2.24) is 4.48 Å². The number of para-hydroxylation sites is 1. The van der Waals surface area contributed by atoms with Gasteiger partial charge in [0.2, 0.25) is 0 Å². The van der Waals surface area contributed by atoms with E-state index in [1.54, 1.807) is 0 Å². The number of carboxylic acids is 2. The molecule has 0 fully saturated rings. The molecular formula is C13H17NO4. The highest BCUT2D eigenvalue weighted by Crippen LogP contribution is 2.14. The summed E-state index contributed by atoms with van der Waals surface area (Å²) in [5.74, 6) is -2.80. The van der Waals surface area contributed by atoms with E-state index in [9.17, 15) is 14.7 Å². The van der Waals surface area contributed by atoms with Crippen molar-refractivity contribution in [3.8, 4) is 0 Å². The molecule has 0 aliphatic rings. The summed E-state index contributed by atoms with van der Waals surface area (Å²) >= 11 is 0. The average Bonchev–Trinajstić information content (AvgIpc) is 2.27. The quantitative estimate of drug-likeness (QED) is 0.617. The molecule has 0 saturated heterocycles. The number of benzene rings is 1. The third-order valence-electron chi connectivity index (χ3n) is 1.89. The number of nitrogens with zero attached hydrogens (tertiary/aromatic N) is 1. The van der Waals surface area contributed by atoms with Crippen molar-refractivity contribution in [3.05, 3.63) is 42.5 Å². The zero-order chi connectivity index (χ0) is 14.2. The molecule has 0 aliphatic carbocycles. The normalized spacial score (nSPS) is 10.6. The summed E-state index contributed by atoms with van der Waals surface area (Å²) in [5.41, 5.74) is 1.34. The SMILES string of the molecule is C[N+](C)(C)c1ccccc1.O=C([O-])C=CC(=O)O. The molecule has 0 bridgehead atoms. The first-order chi connectivity index (χ1) is 8.23. The van der Waals surface area contributed by atoms with Crippen molar-refractivity contribution < 1.29 is 19.8 Å². The second kappa shape index (κ2) is 7.24. The Bertz CT molecular complexity index is 402. The monoisotopic (exact) mass is 251 g/mol. The van der Waals surface area contributed by atoms with Gasteiger partial charge in [-0.15, -0.1) is 0 Å². The zero-order valence-corrected chi connectivity index (χ0v) is 10.7. The maximum absolute atomic E-state index is 9.53. The van der Waals surface area contributed by atoms with Crippen molar-refractivity contribution in [2.24, 2.45) is 0 Å². The van der Waals surface area contributed by atoms with Crippen LogP contribution in [0.4, 0.5) is 5.69 Å². The van der Waals surface area contributed by atoms with Gasteiger partial charge in [0.1, 0.15) is 5.69 Å². The number of quaternary nitrogens is 1. The summed E-state index contributed by atoms with van der Waals surface area (Å²) in [7, 11) is 6.49. The molecule has 1 rings (SSSR count). The largest absolute Gasteiger partial charge is 0.545 e. The summed E-state index contributed by atoms with van der Waals surface area (Å²) in [6.07, 6.45) is 0.942. The van der Waals surface area contributed by atoms with Crippen molar-refractivity contribution >= 4 is 17.6 Å². The van der Waals surface area contributed by atoms with Gasteiger partial charge in [0.25, 0.3) is 0 Å². The van der Waals surface area contributed by atoms with Crippen LogP contribution in [0.3, 0.4) is 0 Å². The molecule has 5 heteroatoms. The van der Waals surface area contributed by atoms with Crippen molar-refractivity contribution in [3.63, 3.8) is 0 Å². The Labute approximate surface area is 106 Å². The van der Waals surface area contributed by atoms with E-state index < -0.39 is 11.9 Å². The molecule has 0 unspecified atom stereocenters. The first-order valence-electron chi connectivity index (χ1n) is 5.22. The molecule has 98 valence electrons. The second-order valence-corrected chi connectivity index (χ2v) is 4.34. The predicted molar refractivity (Wildman–Crippen MR) is 67.8 cm³/mol. The molecule has 0 saturated carbocycles. The van der Waals surface area contributed by atoms with E-state index >= 15 is 0 Å². The number of aliphatic carboxylic acids is 2. The molecule has 0 aliphatic heterocycles. The van der Waals surface area contributed by atoms with Gasteiger partial charge >= 0.3 is 5.97 Å². The number of rotatable bonds is 3. The molecule has 0 heterocycles. The average molecular weight is 251 g/mol. The molecule has 1 aromatic rings. The van der Waals surface area contributed by atoms with Crippen LogP contribution in [0.1, 0.15) is 0 Å². The van der Waals surface area contributed by atoms with Gasteiger partial charge in [-0.2, -0.15) is 0 Å². The first kappa shape index (κ1) is 15.9. The lowest BCUT2D eigenvalue weighted by molar-refractivity contribution is -0.297. The van der Waals surface area contributed by atoms with Crippen molar-refractivity contribution in [2.45, 2.75) is 0 Å². The molecule has 1 aromatic carbocycles. The number of carboxylic acid groups (broad SMARTS) is 2. The number of hydrogen-bond acceptors (Lipinski definition) is 3. The highest BCUT2D eigenvalue weighted by atomic mass is 16.4. The lowest BCUT2D eigenvalue weighted by Gasteiger charge is -2.22. The van der Waals surface area contributed by atoms with Crippen LogP contribution in [0.5, 0.6) is 0 Å². The Morgan fingerprint density at radius 3 is 1.83 bits per heavy atom. The third-order valence-corrected chi connectivity index (χ3v) is 1.89. The summed E-state index contributed by atoms with van der Waals surface area (Å²) in [6, 6.07) is 10.5. The lowest BCUT2D eigenvalue weighted by Crippen LogP contribution is -2.34. The van der Waals surface area contributed by atoms with Gasteiger partial charge in [-0.25, -0.2) is 4.79 Å². The van der Waals surface area contributed by atoms with Gasteiger partial charge in [-0.05, 0) is 18.2 Å². The van der Waals surface area contributed by atoms with E-state index in [2.05, 4.69) is 45.4 Å². The Morgan fingerprint density at radius 2 is 1.61 bits per heavy atom. The lowest BCUT2D eigenvalue weighted by atomic mass is 10.3.